The number of carboxylic acid groups (broad SMARTS) is 1. The zero-order valence-electron chi connectivity index (χ0n) is 34.2. The Morgan fingerprint density at radius 3 is 2.05 bits per heavy atom. The van der Waals surface area contributed by atoms with E-state index in [1.165, 1.54) is 24.3 Å². The molecule has 1 aliphatic heterocycles. The SMILES string of the molecule is C[C@@H](O)[C@H](N)C(=O)N[C@@H](CO)C(=O)N[C@@H](Cc1ccccc1)C(=O)N[C@@H](CCC(N)=O)C(=O)N1CCC[C@H]1C(=O)N[C@@H](Cc1cnc[nH]1)C(=O)N[C@@H](CCCN=C(N)N)C(=O)O. The number of likely N-dealkylation sites (tertiary alicyclic amines) is 1. The number of nitrogens with zero attached hydrogens (tertiary/aromatic N) is 3. The first kappa shape index (κ1) is 49.7. The van der Waals surface area contributed by atoms with E-state index in [-0.39, 0.29) is 64.0 Å². The number of aliphatic hydroxyl groups is 2. The zero-order valence-corrected chi connectivity index (χ0v) is 34.2. The van der Waals surface area contributed by atoms with Gasteiger partial charge < -0.3 is 74.7 Å². The molecule has 0 radical (unpaired) electrons. The van der Waals surface area contributed by atoms with E-state index in [2.05, 4.69) is 41.5 Å². The van der Waals surface area contributed by atoms with Gasteiger partial charge in [0.15, 0.2) is 5.96 Å². The molecule has 1 saturated heterocycles. The van der Waals surface area contributed by atoms with Crippen LogP contribution in [-0.4, -0.2) is 152 Å². The van der Waals surface area contributed by atoms with Crippen LogP contribution in [0.5, 0.6) is 0 Å². The van der Waals surface area contributed by atoms with Crippen LogP contribution in [0.15, 0.2) is 47.8 Å². The predicted octanol–water partition coefficient (Wildman–Crippen LogP) is -5.29. The number of imidazole rings is 1. The van der Waals surface area contributed by atoms with E-state index in [1.807, 2.05) is 0 Å². The molecule has 17 N–H and O–H groups in total. The number of aromatic nitrogens is 2. The van der Waals surface area contributed by atoms with Crippen molar-refractivity contribution < 1.29 is 53.7 Å². The lowest BCUT2D eigenvalue weighted by atomic mass is 10.0. The molecular formula is C38H57N13O11. The number of aliphatic hydroxyl groups excluding tert-OH is 2. The third kappa shape index (κ3) is 15.7. The number of carbonyl (C=O) groups excluding carboxylic acids is 7. The number of benzene rings is 1. The number of amides is 7. The molecule has 0 saturated carbocycles. The summed E-state index contributed by atoms with van der Waals surface area (Å²) in [5.74, 6) is -7.57. The van der Waals surface area contributed by atoms with E-state index >= 15 is 0 Å². The molecular weight excluding hydrogens is 814 g/mol. The van der Waals surface area contributed by atoms with Crippen LogP contribution in [0.1, 0.15) is 56.7 Å². The Morgan fingerprint density at radius 1 is 0.855 bits per heavy atom. The van der Waals surface area contributed by atoms with E-state index in [0.717, 1.165) is 0 Å². The fourth-order valence-corrected chi connectivity index (χ4v) is 6.46. The number of hydrogen-bond donors (Lipinski definition) is 13. The first-order valence-corrected chi connectivity index (χ1v) is 19.9. The standard InChI is InChI=1S/C38H57N13O11/c1-20(53)30(40)35(59)50-27(18-52)33(57)48-25(15-21-7-3-2-4-8-21)31(55)46-23(11-12-29(39)54)36(60)51-14-6-10-28(51)34(58)49-26(16-22-17-43-19-45-22)32(56)47-24(37(61)62)9-5-13-44-38(41)42/h2-4,7-8,17,19-20,23-28,30,52-53H,5-6,9-16,18,40H2,1H3,(H2,39,54)(H,43,45)(H,46,55)(H,47,56)(H,48,57)(H,49,58)(H,50,59)(H,61,62)(H4,41,42,44)/t20-,23+,24+,25+,26+,27+,28+,30+/m1/s1. The van der Waals surface area contributed by atoms with E-state index in [4.69, 9.17) is 22.9 Å². The Bertz CT molecular complexity index is 1880. The average molecular weight is 872 g/mol. The van der Waals surface area contributed by atoms with Gasteiger partial charge in [0.1, 0.15) is 42.3 Å². The summed E-state index contributed by atoms with van der Waals surface area (Å²) in [6.45, 7) is 0.485. The number of hydrogen-bond acceptors (Lipinski definition) is 13. The number of aliphatic carboxylic acids is 1. The van der Waals surface area contributed by atoms with Gasteiger partial charge in [-0.2, -0.15) is 0 Å². The second-order valence-corrected chi connectivity index (χ2v) is 14.7. The zero-order chi connectivity index (χ0) is 45.9. The van der Waals surface area contributed by atoms with Crippen LogP contribution in [0.4, 0.5) is 0 Å². The van der Waals surface area contributed by atoms with Crippen molar-refractivity contribution in [3.05, 3.63) is 54.1 Å². The van der Waals surface area contributed by atoms with Crippen LogP contribution in [0.25, 0.3) is 0 Å². The first-order chi connectivity index (χ1) is 29.4. The fraction of sp³-hybridized carbons (Fsp3) is 0.526. The minimum atomic E-state index is -1.60. The molecule has 0 aliphatic carbocycles. The number of carboxylic acids is 1. The van der Waals surface area contributed by atoms with E-state index < -0.39 is 102 Å². The number of aliphatic imine (C=N–C) groups is 1. The van der Waals surface area contributed by atoms with Crippen molar-refractivity contribution >= 4 is 53.3 Å². The lowest BCUT2D eigenvalue weighted by Gasteiger charge is -2.31. The maximum Gasteiger partial charge on any atom is 0.326 e. The van der Waals surface area contributed by atoms with Gasteiger partial charge in [-0.05, 0) is 44.6 Å². The van der Waals surface area contributed by atoms with Gasteiger partial charge >= 0.3 is 5.97 Å². The third-order valence-corrected chi connectivity index (χ3v) is 9.86. The van der Waals surface area contributed by atoms with Crippen molar-refractivity contribution in [2.24, 2.45) is 27.9 Å². The number of nitrogens with one attached hydrogen (secondary N) is 6. The number of aromatic amines is 1. The van der Waals surface area contributed by atoms with Crippen molar-refractivity contribution in [1.82, 2.24) is 41.5 Å². The average Bonchev–Trinajstić information content (AvgIpc) is 3.94. The topological polar surface area (TPSA) is 406 Å². The van der Waals surface area contributed by atoms with Crippen LogP contribution in [-0.2, 0) is 51.2 Å². The minimum Gasteiger partial charge on any atom is -0.480 e. The summed E-state index contributed by atoms with van der Waals surface area (Å²) in [6.07, 6.45) is 1.14. The molecule has 62 heavy (non-hydrogen) atoms. The normalized spacial score (nSPS) is 16.8. The van der Waals surface area contributed by atoms with Crippen molar-refractivity contribution in [2.75, 3.05) is 19.7 Å². The molecule has 3 rings (SSSR count). The highest BCUT2D eigenvalue weighted by molar-refractivity contribution is 5.97. The Kier molecular flexibility index (Phi) is 19.7. The monoisotopic (exact) mass is 871 g/mol. The number of rotatable bonds is 25. The van der Waals surface area contributed by atoms with E-state index in [9.17, 15) is 53.7 Å². The molecule has 1 aliphatic rings. The predicted molar refractivity (Wildman–Crippen MR) is 220 cm³/mol. The Hall–Kier alpha value is -6.66. The highest BCUT2D eigenvalue weighted by atomic mass is 16.4. The quantitative estimate of drug-likeness (QED) is 0.0252. The maximum absolute atomic E-state index is 14.3. The second kappa shape index (κ2) is 24.6. The molecule has 1 aromatic carbocycles. The van der Waals surface area contributed by atoms with Crippen LogP contribution < -0.4 is 49.5 Å². The summed E-state index contributed by atoms with van der Waals surface area (Å²) >= 11 is 0. The highest BCUT2D eigenvalue weighted by Crippen LogP contribution is 2.21. The molecule has 2 heterocycles. The van der Waals surface area contributed by atoms with Gasteiger partial charge in [-0.25, -0.2) is 9.78 Å². The fourth-order valence-electron chi connectivity index (χ4n) is 6.46. The molecule has 1 fully saturated rings. The molecule has 8 atom stereocenters. The number of carbonyl (C=O) groups is 8. The van der Waals surface area contributed by atoms with E-state index in [1.54, 1.807) is 30.3 Å². The summed E-state index contributed by atoms with van der Waals surface area (Å²) in [7, 11) is 0. The lowest BCUT2D eigenvalue weighted by molar-refractivity contribution is -0.144. The van der Waals surface area contributed by atoms with Gasteiger partial charge in [0.05, 0.1) is 19.0 Å². The molecule has 0 bridgehead atoms. The molecule has 2 aromatic rings. The largest absolute Gasteiger partial charge is 0.480 e. The summed E-state index contributed by atoms with van der Waals surface area (Å²) < 4.78 is 0. The van der Waals surface area contributed by atoms with Crippen LogP contribution in [0.3, 0.4) is 0 Å². The van der Waals surface area contributed by atoms with Gasteiger partial charge in [-0.15, -0.1) is 0 Å². The van der Waals surface area contributed by atoms with Gasteiger partial charge in [0, 0.05) is 44.2 Å². The summed E-state index contributed by atoms with van der Waals surface area (Å²) in [6, 6.07) is -1.39. The Labute approximate surface area is 356 Å². The number of primary amides is 1. The Balaban J connectivity index is 1.84. The van der Waals surface area contributed by atoms with Crippen molar-refractivity contribution in [3.8, 4) is 0 Å². The molecule has 0 spiro atoms. The summed E-state index contributed by atoms with van der Waals surface area (Å²) in [4.78, 5) is 117. The van der Waals surface area contributed by atoms with Gasteiger partial charge in [0.25, 0.3) is 0 Å². The number of nitrogens with two attached hydrogens (primary N) is 4. The van der Waals surface area contributed by atoms with Crippen LogP contribution >= 0.6 is 0 Å². The molecule has 0 unspecified atom stereocenters. The second-order valence-electron chi connectivity index (χ2n) is 14.7. The molecule has 24 nitrogen and oxygen atoms in total. The minimum absolute atomic E-state index is 0.0325. The van der Waals surface area contributed by atoms with Crippen LogP contribution in [0.2, 0.25) is 0 Å². The molecule has 24 heteroatoms. The number of H-pyrrole nitrogens is 1. The van der Waals surface area contributed by atoms with Crippen LogP contribution in [0, 0.1) is 0 Å². The lowest BCUT2D eigenvalue weighted by Crippen LogP contribution is -2.60. The van der Waals surface area contributed by atoms with E-state index in [0.29, 0.717) is 17.7 Å². The van der Waals surface area contributed by atoms with Gasteiger partial charge in [-0.3, -0.25) is 38.6 Å². The number of guanidine groups is 1. The smallest absolute Gasteiger partial charge is 0.326 e. The van der Waals surface area contributed by atoms with Gasteiger partial charge in [-0.1, -0.05) is 30.3 Å². The third-order valence-electron chi connectivity index (χ3n) is 9.86. The molecule has 340 valence electrons. The Morgan fingerprint density at radius 2 is 1.47 bits per heavy atom. The van der Waals surface area contributed by atoms with Crippen molar-refractivity contribution in [2.45, 2.75) is 107 Å². The van der Waals surface area contributed by atoms with Crippen molar-refractivity contribution in [1.29, 1.82) is 0 Å². The first-order valence-electron chi connectivity index (χ1n) is 19.9. The summed E-state index contributed by atoms with van der Waals surface area (Å²) in [5, 5.41) is 41.8. The molecule has 1 aromatic heterocycles. The summed E-state index contributed by atoms with van der Waals surface area (Å²) in [5.41, 5.74) is 22.7. The van der Waals surface area contributed by atoms with Gasteiger partial charge in [0.2, 0.25) is 41.4 Å². The maximum atomic E-state index is 14.3. The highest BCUT2D eigenvalue weighted by Gasteiger charge is 2.40. The molecule has 7 amide bonds. The van der Waals surface area contributed by atoms with Crippen molar-refractivity contribution in [3.63, 3.8) is 0 Å².